The Hall–Kier alpha value is -1.94. The van der Waals surface area contributed by atoms with Crippen molar-refractivity contribution in [3.05, 3.63) is 10.0 Å². The van der Waals surface area contributed by atoms with Crippen LogP contribution < -0.4 is 10.6 Å². The molecule has 0 saturated carbocycles. The largest absolute Gasteiger partial charge is 0.301 e. The van der Waals surface area contributed by atoms with Crippen molar-refractivity contribution in [2.24, 2.45) is 0 Å². The van der Waals surface area contributed by atoms with E-state index in [0.29, 0.717) is 35.9 Å². The fourth-order valence-electron chi connectivity index (χ4n) is 1.44. The Morgan fingerprint density at radius 2 is 1.23 bits per heavy atom. The Labute approximate surface area is 135 Å². The Morgan fingerprint density at radius 1 is 0.818 bits per heavy atom. The van der Waals surface area contributed by atoms with Crippen LogP contribution in [0.4, 0.5) is 10.3 Å². The predicted octanol–water partition coefficient (Wildman–Crippen LogP) is 1.87. The molecule has 22 heavy (non-hydrogen) atoms. The highest BCUT2D eigenvalue weighted by molar-refractivity contribution is 7.15. The van der Waals surface area contributed by atoms with E-state index in [4.69, 9.17) is 0 Å². The second-order valence-electron chi connectivity index (χ2n) is 4.31. The molecular formula is C12H16N6O2S2. The van der Waals surface area contributed by atoms with Gasteiger partial charge in [0, 0.05) is 25.7 Å². The zero-order valence-corrected chi connectivity index (χ0v) is 13.9. The van der Waals surface area contributed by atoms with E-state index in [1.54, 1.807) is 13.8 Å². The van der Waals surface area contributed by atoms with Gasteiger partial charge in [0.1, 0.15) is 10.0 Å². The van der Waals surface area contributed by atoms with Gasteiger partial charge in [0.15, 0.2) is 0 Å². The van der Waals surface area contributed by atoms with Gasteiger partial charge in [-0.25, -0.2) is 0 Å². The number of aryl methyl sites for hydroxylation is 2. The molecule has 2 rings (SSSR count). The molecule has 10 heteroatoms. The minimum Gasteiger partial charge on any atom is -0.301 e. The van der Waals surface area contributed by atoms with E-state index in [-0.39, 0.29) is 11.8 Å². The van der Waals surface area contributed by atoms with Crippen LogP contribution in [-0.4, -0.2) is 32.2 Å². The highest BCUT2D eigenvalue weighted by Gasteiger charge is 2.10. The third-order valence-electron chi connectivity index (χ3n) is 2.62. The molecule has 2 heterocycles. The maximum Gasteiger partial charge on any atom is 0.225 e. The number of carbonyl (C=O) groups is 2. The summed E-state index contributed by atoms with van der Waals surface area (Å²) in [4.78, 5) is 22.5. The molecule has 118 valence electrons. The van der Waals surface area contributed by atoms with Gasteiger partial charge in [0.25, 0.3) is 0 Å². The molecule has 2 aromatic heterocycles. The van der Waals surface area contributed by atoms with E-state index >= 15 is 0 Å². The van der Waals surface area contributed by atoms with E-state index < -0.39 is 0 Å². The van der Waals surface area contributed by atoms with Crippen molar-refractivity contribution in [1.82, 2.24) is 20.4 Å². The number of nitrogens with zero attached hydrogens (tertiary/aromatic N) is 4. The highest BCUT2D eigenvalue weighted by Crippen LogP contribution is 2.20. The summed E-state index contributed by atoms with van der Waals surface area (Å²) >= 11 is 2.70. The monoisotopic (exact) mass is 340 g/mol. The number of aromatic nitrogens is 4. The number of amides is 2. The molecule has 0 aliphatic carbocycles. The first-order valence-corrected chi connectivity index (χ1v) is 8.48. The van der Waals surface area contributed by atoms with Crippen LogP contribution in [0.15, 0.2) is 0 Å². The van der Waals surface area contributed by atoms with Gasteiger partial charge >= 0.3 is 0 Å². The first-order valence-electron chi connectivity index (χ1n) is 6.85. The van der Waals surface area contributed by atoms with Gasteiger partial charge < -0.3 is 10.6 Å². The number of carbonyl (C=O) groups excluding carboxylic acids is 2. The second-order valence-corrected chi connectivity index (χ2v) is 6.43. The van der Waals surface area contributed by atoms with E-state index in [2.05, 4.69) is 31.0 Å². The fourth-order valence-corrected chi connectivity index (χ4v) is 2.95. The topological polar surface area (TPSA) is 110 Å². The van der Waals surface area contributed by atoms with Crippen molar-refractivity contribution >= 4 is 44.8 Å². The standard InChI is InChI=1S/C12H16N6O2S2/c1-3-7(19)13-11-17-15-9(21-11)5-6-10-16-18-12(22-10)14-8(20)4-2/h3-6H2,1-2H3,(H,13,17,19)(H,14,18,20). The number of nitrogens with one attached hydrogen (secondary N) is 2. The van der Waals surface area contributed by atoms with Crippen LogP contribution >= 0.6 is 22.7 Å². The fraction of sp³-hybridized carbons (Fsp3) is 0.500. The smallest absolute Gasteiger partial charge is 0.225 e. The zero-order chi connectivity index (χ0) is 15.9. The van der Waals surface area contributed by atoms with Crippen LogP contribution in [0, 0.1) is 0 Å². The van der Waals surface area contributed by atoms with Crippen molar-refractivity contribution in [3.63, 3.8) is 0 Å². The molecule has 0 aliphatic rings. The van der Waals surface area contributed by atoms with E-state index in [1.165, 1.54) is 22.7 Å². The Morgan fingerprint density at radius 3 is 1.59 bits per heavy atom. The Bertz CT molecular complexity index is 597. The molecule has 2 N–H and O–H groups in total. The molecule has 0 aliphatic heterocycles. The minimum atomic E-state index is -0.0804. The maximum atomic E-state index is 11.3. The van der Waals surface area contributed by atoms with Crippen LogP contribution in [-0.2, 0) is 22.4 Å². The molecule has 8 nitrogen and oxygen atoms in total. The van der Waals surface area contributed by atoms with Crippen LogP contribution in [0.3, 0.4) is 0 Å². The van der Waals surface area contributed by atoms with E-state index in [0.717, 1.165) is 10.0 Å². The summed E-state index contributed by atoms with van der Waals surface area (Å²) in [6, 6.07) is 0. The molecule has 0 saturated heterocycles. The highest BCUT2D eigenvalue weighted by atomic mass is 32.1. The SMILES string of the molecule is CCC(=O)Nc1nnc(CCc2nnc(NC(=O)CC)s2)s1. The third kappa shape index (κ3) is 4.81. The Balaban J connectivity index is 1.85. The normalized spacial score (nSPS) is 10.5. The van der Waals surface area contributed by atoms with Gasteiger partial charge in [-0.15, -0.1) is 20.4 Å². The molecule has 0 fully saturated rings. The van der Waals surface area contributed by atoms with Gasteiger partial charge in [-0.1, -0.05) is 36.5 Å². The average molecular weight is 340 g/mol. The lowest BCUT2D eigenvalue weighted by Gasteiger charge is -1.95. The average Bonchev–Trinajstić information content (AvgIpc) is 3.14. The summed E-state index contributed by atoms with van der Waals surface area (Å²) in [5.74, 6) is -0.161. The third-order valence-corrected chi connectivity index (χ3v) is 4.42. The molecule has 0 atom stereocenters. The first-order chi connectivity index (χ1) is 10.6. The van der Waals surface area contributed by atoms with Gasteiger partial charge in [-0.05, 0) is 0 Å². The molecule has 2 aromatic rings. The summed E-state index contributed by atoms with van der Waals surface area (Å²) in [5.41, 5.74) is 0. The van der Waals surface area contributed by atoms with Crippen molar-refractivity contribution in [1.29, 1.82) is 0 Å². The Kier molecular flexibility index (Phi) is 5.90. The first kappa shape index (κ1) is 16.4. The number of rotatable bonds is 7. The van der Waals surface area contributed by atoms with Crippen molar-refractivity contribution in [2.75, 3.05) is 10.6 Å². The molecular weight excluding hydrogens is 324 g/mol. The molecule has 2 amide bonds. The summed E-state index contributed by atoms with van der Waals surface area (Å²) in [6.07, 6.45) is 2.14. The lowest BCUT2D eigenvalue weighted by atomic mass is 10.3. The summed E-state index contributed by atoms with van der Waals surface area (Å²) in [5, 5.41) is 23.9. The quantitative estimate of drug-likeness (QED) is 0.796. The van der Waals surface area contributed by atoms with E-state index in [1.807, 2.05) is 0 Å². The van der Waals surface area contributed by atoms with Crippen molar-refractivity contribution < 1.29 is 9.59 Å². The zero-order valence-electron chi connectivity index (χ0n) is 12.3. The van der Waals surface area contributed by atoms with Crippen molar-refractivity contribution in [2.45, 2.75) is 39.5 Å². The van der Waals surface area contributed by atoms with Gasteiger partial charge in [0.05, 0.1) is 0 Å². The molecule has 0 bridgehead atoms. The number of anilines is 2. The van der Waals surface area contributed by atoms with Gasteiger partial charge in [-0.3, -0.25) is 9.59 Å². The second kappa shape index (κ2) is 7.90. The molecule has 0 aromatic carbocycles. The lowest BCUT2D eigenvalue weighted by Crippen LogP contribution is -2.08. The van der Waals surface area contributed by atoms with Crippen LogP contribution in [0.1, 0.15) is 36.7 Å². The van der Waals surface area contributed by atoms with Crippen LogP contribution in [0.2, 0.25) is 0 Å². The van der Waals surface area contributed by atoms with Gasteiger partial charge in [0.2, 0.25) is 22.1 Å². The maximum absolute atomic E-state index is 11.3. The summed E-state index contributed by atoms with van der Waals surface area (Å²) < 4.78 is 0. The number of hydrogen-bond acceptors (Lipinski definition) is 8. The number of hydrogen-bond donors (Lipinski definition) is 2. The van der Waals surface area contributed by atoms with Crippen LogP contribution in [0.25, 0.3) is 0 Å². The molecule has 0 radical (unpaired) electrons. The van der Waals surface area contributed by atoms with Gasteiger partial charge in [-0.2, -0.15) is 0 Å². The summed E-state index contributed by atoms with van der Waals surface area (Å²) in [6.45, 7) is 3.56. The van der Waals surface area contributed by atoms with E-state index in [9.17, 15) is 9.59 Å². The molecule has 0 unspecified atom stereocenters. The lowest BCUT2D eigenvalue weighted by molar-refractivity contribution is -0.116. The molecule has 0 spiro atoms. The van der Waals surface area contributed by atoms with Crippen LogP contribution in [0.5, 0.6) is 0 Å². The summed E-state index contributed by atoms with van der Waals surface area (Å²) in [7, 11) is 0. The minimum absolute atomic E-state index is 0.0804. The van der Waals surface area contributed by atoms with Crippen molar-refractivity contribution in [3.8, 4) is 0 Å². The predicted molar refractivity (Wildman–Crippen MR) is 85.1 cm³/mol.